The summed E-state index contributed by atoms with van der Waals surface area (Å²) in [6, 6.07) is 0. The van der Waals surface area contributed by atoms with Gasteiger partial charge in [0.15, 0.2) is 0 Å². The molecule has 236 valence electrons. The van der Waals surface area contributed by atoms with Crippen molar-refractivity contribution in [1.29, 1.82) is 0 Å². The van der Waals surface area contributed by atoms with Crippen LogP contribution in [-0.4, -0.2) is 25.2 Å². The molecule has 4 heteroatoms. The van der Waals surface area contributed by atoms with Crippen LogP contribution in [0.1, 0.15) is 182 Å². The van der Waals surface area contributed by atoms with Crippen LogP contribution in [0.5, 0.6) is 0 Å². The molecule has 0 aromatic carbocycles. The van der Waals surface area contributed by atoms with Crippen molar-refractivity contribution in [3.05, 3.63) is 0 Å². The van der Waals surface area contributed by atoms with Crippen LogP contribution in [-0.2, 0) is 19.1 Å². The van der Waals surface area contributed by atoms with Crippen LogP contribution in [0.3, 0.4) is 0 Å². The SMILES string of the molecule is CCCCCCCCCCOC(=O)C1CCCC(C(=O)OCCCCCCCCCC)C1C(CC)CCCCC. The fraction of sp³-hybridized carbons (Fsp3) is 0.944. The number of ether oxygens (including phenoxy) is 2. The van der Waals surface area contributed by atoms with Crippen molar-refractivity contribution in [2.75, 3.05) is 13.2 Å². The van der Waals surface area contributed by atoms with E-state index in [9.17, 15) is 9.59 Å². The van der Waals surface area contributed by atoms with Crippen molar-refractivity contribution in [2.45, 2.75) is 182 Å². The van der Waals surface area contributed by atoms with E-state index in [1.165, 1.54) is 96.3 Å². The Bertz CT molecular complexity index is 562. The number of hydrogen-bond donors (Lipinski definition) is 0. The lowest BCUT2D eigenvalue weighted by atomic mass is 9.64. The zero-order chi connectivity index (χ0) is 29.3. The fourth-order valence-corrected chi connectivity index (χ4v) is 6.79. The Kier molecular flexibility index (Phi) is 23.7. The van der Waals surface area contributed by atoms with Gasteiger partial charge in [0.2, 0.25) is 0 Å². The monoisotopic (exact) mass is 565 g/mol. The molecule has 4 nitrogen and oxygen atoms in total. The third-order valence-electron chi connectivity index (χ3n) is 9.30. The van der Waals surface area contributed by atoms with Gasteiger partial charge in [0.25, 0.3) is 0 Å². The Morgan fingerprint density at radius 3 is 1.32 bits per heavy atom. The minimum atomic E-state index is -0.157. The third-order valence-corrected chi connectivity index (χ3v) is 9.30. The lowest BCUT2D eigenvalue weighted by Gasteiger charge is -2.40. The number of rotatable bonds is 26. The molecule has 0 amide bonds. The van der Waals surface area contributed by atoms with Gasteiger partial charge in [-0.3, -0.25) is 9.59 Å². The molecular weight excluding hydrogens is 496 g/mol. The second kappa shape index (κ2) is 25.6. The molecule has 1 rings (SSSR count). The highest BCUT2D eigenvalue weighted by atomic mass is 16.5. The van der Waals surface area contributed by atoms with Crippen LogP contribution in [0, 0.1) is 23.7 Å². The molecule has 0 N–H and O–H groups in total. The molecule has 3 atom stereocenters. The van der Waals surface area contributed by atoms with E-state index < -0.39 is 0 Å². The molecule has 1 aliphatic carbocycles. The summed E-state index contributed by atoms with van der Waals surface area (Å²) in [4.78, 5) is 26.8. The van der Waals surface area contributed by atoms with Crippen LogP contribution < -0.4 is 0 Å². The summed E-state index contributed by atoms with van der Waals surface area (Å²) < 4.78 is 11.7. The van der Waals surface area contributed by atoms with Crippen LogP contribution >= 0.6 is 0 Å². The molecule has 3 unspecified atom stereocenters. The van der Waals surface area contributed by atoms with Crippen molar-refractivity contribution in [3.63, 3.8) is 0 Å². The molecule has 1 aliphatic rings. The van der Waals surface area contributed by atoms with Gasteiger partial charge in [-0.05, 0) is 37.5 Å². The predicted molar refractivity (Wildman–Crippen MR) is 169 cm³/mol. The summed E-state index contributed by atoms with van der Waals surface area (Å²) in [5.74, 6) is 0.0240. The quantitative estimate of drug-likeness (QED) is 0.0774. The van der Waals surface area contributed by atoms with Gasteiger partial charge in [-0.2, -0.15) is 0 Å². The number of unbranched alkanes of at least 4 members (excludes halogenated alkanes) is 16. The molecule has 40 heavy (non-hydrogen) atoms. The fourth-order valence-electron chi connectivity index (χ4n) is 6.79. The van der Waals surface area contributed by atoms with Crippen molar-refractivity contribution < 1.29 is 19.1 Å². The first kappa shape index (κ1) is 37.0. The molecule has 0 bridgehead atoms. The first-order chi connectivity index (χ1) is 19.6. The van der Waals surface area contributed by atoms with Crippen LogP contribution in [0.2, 0.25) is 0 Å². The summed E-state index contributed by atoms with van der Waals surface area (Å²) >= 11 is 0. The first-order valence-corrected chi connectivity index (χ1v) is 17.9. The van der Waals surface area contributed by atoms with Gasteiger partial charge in [-0.15, -0.1) is 0 Å². The van der Waals surface area contributed by atoms with E-state index in [4.69, 9.17) is 9.47 Å². The highest BCUT2D eigenvalue weighted by molar-refractivity contribution is 5.77. The van der Waals surface area contributed by atoms with Gasteiger partial charge in [0.05, 0.1) is 25.0 Å². The van der Waals surface area contributed by atoms with Crippen LogP contribution in [0.4, 0.5) is 0 Å². The van der Waals surface area contributed by atoms with Crippen molar-refractivity contribution in [2.24, 2.45) is 23.7 Å². The lowest BCUT2D eigenvalue weighted by Crippen LogP contribution is -2.43. The molecular formula is C36H68O4. The zero-order valence-electron chi connectivity index (χ0n) is 27.3. The number of hydrogen-bond acceptors (Lipinski definition) is 4. The van der Waals surface area contributed by atoms with E-state index >= 15 is 0 Å². The zero-order valence-corrected chi connectivity index (χ0v) is 27.3. The molecule has 1 saturated carbocycles. The van der Waals surface area contributed by atoms with E-state index in [2.05, 4.69) is 27.7 Å². The maximum atomic E-state index is 13.4. The van der Waals surface area contributed by atoms with Crippen LogP contribution in [0.15, 0.2) is 0 Å². The molecule has 0 radical (unpaired) electrons. The van der Waals surface area contributed by atoms with Crippen molar-refractivity contribution >= 4 is 11.9 Å². The highest BCUT2D eigenvalue weighted by Crippen LogP contribution is 2.44. The van der Waals surface area contributed by atoms with E-state index in [1.807, 2.05) is 0 Å². The second-order valence-electron chi connectivity index (χ2n) is 12.7. The van der Waals surface area contributed by atoms with Gasteiger partial charge in [-0.1, -0.05) is 156 Å². The minimum Gasteiger partial charge on any atom is -0.465 e. The molecule has 0 spiro atoms. The normalized spacial score (nSPS) is 19.9. The largest absolute Gasteiger partial charge is 0.465 e. The lowest BCUT2D eigenvalue weighted by molar-refractivity contribution is -0.162. The Labute approximate surface area is 249 Å². The van der Waals surface area contributed by atoms with Crippen molar-refractivity contribution in [1.82, 2.24) is 0 Å². The predicted octanol–water partition coefficient (Wildman–Crippen LogP) is 11.0. The van der Waals surface area contributed by atoms with Crippen molar-refractivity contribution in [3.8, 4) is 0 Å². The summed E-state index contributed by atoms with van der Waals surface area (Å²) in [5.41, 5.74) is 0. The molecule has 0 aromatic heterocycles. The van der Waals surface area contributed by atoms with Crippen LogP contribution in [0.25, 0.3) is 0 Å². The van der Waals surface area contributed by atoms with Gasteiger partial charge in [0, 0.05) is 0 Å². The molecule has 0 aromatic rings. The van der Waals surface area contributed by atoms with E-state index in [0.29, 0.717) is 19.1 Å². The van der Waals surface area contributed by atoms with E-state index in [1.54, 1.807) is 0 Å². The number of esters is 2. The first-order valence-electron chi connectivity index (χ1n) is 17.9. The third kappa shape index (κ3) is 16.4. The summed E-state index contributed by atoms with van der Waals surface area (Å²) in [6.45, 7) is 10.0. The summed E-state index contributed by atoms with van der Waals surface area (Å²) in [7, 11) is 0. The average Bonchev–Trinajstić information content (AvgIpc) is 2.97. The summed E-state index contributed by atoms with van der Waals surface area (Å²) in [6.07, 6.45) is 28.1. The Morgan fingerprint density at radius 1 is 0.550 bits per heavy atom. The average molecular weight is 565 g/mol. The topological polar surface area (TPSA) is 52.6 Å². The van der Waals surface area contributed by atoms with Gasteiger partial charge in [0.1, 0.15) is 0 Å². The Balaban J connectivity index is 2.61. The van der Waals surface area contributed by atoms with Gasteiger partial charge < -0.3 is 9.47 Å². The molecule has 1 fully saturated rings. The molecule has 0 aliphatic heterocycles. The second-order valence-corrected chi connectivity index (χ2v) is 12.7. The summed E-state index contributed by atoms with van der Waals surface area (Å²) in [5, 5.41) is 0. The number of carbonyl (C=O) groups excluding carboxylic acids is 2. The maximum Gasteiger partial charge on any atom is 0.309 e. The highest BCUT2D eigenvalue weighted by Gasteiger charge is 2.45. The van der Waals surface area contributed by atoms with E-state index in [0.717, 1.165) is 57.8 Å². The Hall–Kier alpha value is -1.06. The Morgan fingerprint density at radius 2 is 0.925 bits per heavy atom. The van der Waals surface area contributed by atoms with Gasteiger partial charge in [-0.25, -0.2) is 0 Å². The smallest absolute Gasteiger partial charge is 0.309 e. The minimum absolute atomic E-state index is 0.0533. The molecule has 0 heterocycles. The van der Waals surface area contributed by atoms with E-state index in [-0.39, 0.29) is 29.7 Å². The van der Waals surface area contributed by atoms with Gasteiger partial charge >= 0.3 is 11.9 Å². The number of carbonyl (C=O) groups is 2. The molecule has 0 saturated heterocycles. The maximum absolute atomic E-state index is 13.4. The standard InChI is InChI=1S/C36H68O4/c1-5-9-12-14-16-18-20-23-29-39-35(37)32-27-25-28-33(34(32)31(8-4)26-22-11-7-3)36(38)40-30-24-21-19-17-15-13-10-6-2/h31-34H,5-30H2,1-4H3.